The molecule has 0 saturated carbocycles. The minimum atomic E-state index is 0.207. The van der Waals surface area contributed by atoms with Crippen molar-refractivity contribution in [3.63, 3.8) is 0 Å². The Balaban J connectivity index is 2.09. The first-order chi connectivity index (χ1) is 8.18. The highest BCUT2D eigenvalue weighted by molar-refractivity contribution is 7.08. The van der Waals surface area contributed by atoms with E-state index in [4.69, 9.17) is 5.73 Å². The Kier molecular flexibility index (Phi) is 4.46. The van der Waals surface area contributed by atoms with E-state index in [1.54, 1.807) is 11.3 Å². The lowest BCUT2D eigenvalue weighted by atomic mass is 9.98. The molecule has 0 aliphatic carbocycles. The van der Waals surface area contributed by atoms with Crippen LogP contribution in [-0.4, -0.2) is 13.1 Å². The lowest BCUT2D eigenvalue weighted by Crippen LogP contribution is -2.30. The smallest absolute Gasteiger partial charge is 0.0523 e. The van der Waals surface area contributed by atoms with Gasteiger partial charge in [0.1, 0.15) is 0 Å². The van der Waals surface area contributed by atoms with E-state index in [1.807, 2.05) is 0 Å². The van der Waals surface area contributed by atoms with Gasteiger partial charge in [-0.2, -0.15) is 0 Å². The monoisotopic (exact) mass is 252 g/mol. The molecule has 3 heteroatoms. The Morgan fingerprint density at radius 2 is 1.94 bits per heavy atom. The number of nitrogens with two attached hydrogens (primary N) is 1. The van der Waals surface area contributed by atoms with Crippen LogP contribution in [0.3, 0.4) is 0 Å². The van der Waals surface area contributed by atoms with Crippen molar-refractivity contribution in [2.75, 3.05) is 18.0 Å². The van der Waals surface area contributed by atoms with Gasteiger partial charge in [0.05, 0.1) is 5.69 Å². The van der Waals surface area contributed by atoms with Crippen molar-refractivity contribution >= 4 is 17.0 Å². The van der Waals surface area contributed by atoms with Gasteiger partial charge in [0.15, 0.2) is 0 Å². The van der Waals surface area contributed by atoms with Crippen LogP contribution in [0.15, 0.2) is 10.8 Å². The normalized spacial score (nSPS) is 18.7. The van der Waals surface area contributed by atoms with E-state index in [1.165, 1.54) is 43.6 Å². The van der Waals surface area contributed by atoms with E-state index < -0.39 is 0 Å². The predicted octanol–water partition coefficient (Wildman–Crippen LogP) is 3.78. The Morgan fingerprint density at radius 3 is 2.59 bits per heavy atom. The fourth-order valence-electron chi connectivity index (χ4n) is 2.60. The Bertz CT molecular complexity index is 340. The highest BCUT2D eigenvalue weighted by atomic mass is 32.1. The number of thiophene rings is 1. The summed E-state index contributed by atoms with van der Waals surface area (Å²) in [6, 6.07) is 0.207. The third kappa shape index (κ3) is 3.23. The summed E-state index contributed by atoms with van der Waals surface area (Å²) in [7, 11) is 0. The molecule has 96 valence electrons. The summed E-state index contributed by atoms with van der Waals surface area (Å²) in [5, 5.41) is 4.53. The molecular formula is C14H24N2S. The van der Waals surface area contributed by atoms with Crippen LogP contribution in [0, 0.1) is 5.92 Å². The van der Waals surface area contributed by atoms with Crippen molar-refractivity contribution in [3.8, 4) is 0 Å². The zero-order valence-electron chi connectivity index (χ0n) is 11.0. The van der Waals surface area contributed by atoms with Crippen LogP contribution in [0.5, 0.6) is 0 Å². The van der Waals surface area contributed by atoms with Gasteiger partial charge in [0.25, 0.3) is 0 Å². The quantitative estimate of drug-likeness (QED) is 0.883. The highest BCUT2D eigenvalue weighted by Crippen LogP contribution is 2.33. The van der Waals surface area contributed by atoms with Crippen LogP contribution in [-0.2, 0) is 0 Å². The van der Waals surface area contributed by atoms with Crippen molar-refractivity contribution in [3.05, 3.63) is 16.3 Å². The van der Waals surface area contributed by atoms with E-state index in [0.29, 0.717) is 5.92 Å². The van der Waals surface area contributed by atoms with Crippen molar-refractivity contribution in [1.29, 1.82) is 0 Å². The Morgan fingerprint density at radius 1 is 1.24 bits per heavy atom. The van der Waals surface area contributed by atoms with Gasteiger partial charge >= 0.3 is 0 Å². The number of hydrogen-bond donors (Lipinski definition) is 1. The fraction of sp³-hybridized carbons (Fsp3) is 0.714. The summed E-state index contributed by atoms with van der Waals surface area (Å²) in [6.07, 6.45) is 5.12. The molecule has 17 heavy (non-hydrogen) atoms. The molecule has 2 heterocycles. The lowest BCUT2D eigenvalue weighted by molar-refractivity contribution is 0.507. The Hall–Kier alpha value is -0.540. The maximum atomic E-state index is 6.33. The van der Waals surface area contributed by atoms with Crippen molar-refractivity contribution in [1.82, 2.24) is 0 Å². The second-order valence-electron chi connectivity index (χ2n) is 5.50. The average Bonchev–Trinajstić information content (AvgIpc) is 2.78. The number of rotatable bonds is 4. The summed E-state index contributed by atoms with van der Waals surface area (Å²) in [4.78, 5) is 2.52. The van der Waals surface area contributed by atoms with Gasteiger partial charge in [-0.1, -0.05) is 13.8 Å². The first-order valence-corrected chi connectivity index (χ1v) is 7.69. The molecule has 1 aromatic heterocycles. The van der Waals surface area contributed by atoms with Crippen LogP contribution in [0.1, 0.15) is 51.1 Å². The second kappa shape index (κ2) is 5.87. The van der Waals surface area contributed by atoms with Gasteiger partial charge in [-0.05, 0) is 37.0 Å². The first-order valence-electron chi connectivity index (χ1n) is 6.75. The maximum absolute atomic E-state index is 6.33. The third-order valence-corrected chi connectivity index (χ3v) is 4.24. The van der Waals surface area contributed by atoms with E-state index in [9.17, 15) is 0 Å². The summed E-state index contributed by atoms with van der Waals surface area (Å²) in [5.74, 6) is 0.666. The third-order valence-electron chi connectivity index (χ3n) is 3.49. The van der Waals surface area contributed by atoms with Crippen LogP contribution in [0.25, 0.3) is 0 Å². The molecule has 2 N–H and O–H groups in total. The molecule has 1 aliphatic heterocycles. The van der Waals surface area contributed by atoms with E-state index in [0.717, 1.165) is 6.42 Å². The predicted molar refractivity (Wildman–Crippen MR) is 76.8 cm³/mol. The molecule has 0 spiro atoms. The average molecular weight is 252 g/mol. The minimum Gasteiger partial charge on any atom is -0.371 e. The highest BCUT2D eigenvalue weighted by Gasteiger charge is 2.19. The van der Waals surface area contributed by atoms with Crippen LogP contribution in [0.4, 0.5) is 5.69 Å². The van der Waals surface area contributed by atoms with Crippen molar-refractivity contribution in [2.45, 2.75) is 45.6 Å². The van der Waals surface area contributed by atoms with Crippen molar-refractivity contribution < 1.29 is 0 Å². The van der Waals surface area contributed by atoms with E-state index in [-0.39, 0.29) is 6.04 Å². The number of nitrogens with zero attached hydrogens (tertiary/aromatic N) is 1. The lowest BCUT2D eigenvalue weighted by Gasteiger charge is -2.30. The van der Waals surface area contributed by atoms with Crippen LogP contribution in [0.2, 0.25) is 0 Å². The second-order valence-corrected chi connectivity index (χ2v) is 6.24. The van der Waals surface area contributed by atoms with Crippen molar-refractivity contribution in [2.24, 2.45) is 11.7 Å². The van der Waals surface area contributed by atoms with E-state index in [2.05, 4.69) is 29.5 Å². The van der Waals surface area contributed by atoms with E-state index >= 15 is 0 Å². The number of piperidine rings is 1. The van der Waals surface area contributed by atoms with Crippen LogP contribution < -0.4 is 10.6 Å². The number of anilines is 1. The van der Waals surface area contributed by atoms with Gasteiger partial charge in [-0.25, -0.2) is 0 Å². The molecule has 1 fully saturated rings. The molecule has 1 aromatic rings. The number of hydrogen-bond acceptors (Lipinski definition) is 3. The van der Waals surface area contributed by atoms with Gasteiger partial charge in [0, 0.05) is 30.1 Å². The maximum Gasteiger partial charge on any atom is 0.0523 e. The molecule has 0 amide bonds. The topological polar surface area (TPSA) is 29.3 Å². The zero-order valence-corrected chi connectivity index (χ0v) is 11.8. The summed E-state index contributed by atoms with van der Waals surface area (Å²) in [5.41, 5.74) is 9.10. The van der Waals surface area contributed by atoms with Gasteiger partial charge in [-0.15, -0.1) is 11.3 Å². The molecule has 1 atom stereocenters. The molecule has 0 bridgehead atoms. The molecule has 2 rings (SSSR count). The van der Waals surface area contributed by atoms with Gasteiger partial charge in [0.2, 0.25) is 0 Å². The summed E-state index contributed by atoms with van der Waals surface area (Å²) in [6.45, 7) is 6.90. The fourth-order valence-corrected chi connectivity index (χ4v) is 3.53. The first kappa shape index (κ1) is 12.9. The molecule has 1 aliphatic rings. The minimum absolute atomic E-state index is 0.207. The van der Waals surface area contributed by atoms with Crippen LogP contribution >= 0.6 is 11.3 Å². The molecule has 1 saturated heterocycles. The zero-order chi connectivity index (χ0) is 12.3. The molecular weight excluding hydrogens is 228 g/mol. The largest absolute Gasteiger partial charge is 0.371 e. The SMILES string of the molecule is CC(C)CC(N)c1cscc1N1CCCCC1. The summed E-state index contributed by atoms with van der Waals surface area (Å²) >= 11 is 1.79. The Labute approximate surface area is 109 Å². The molecule has 0 aromatic carbocycles. The standard InChI is InChI=1S/C14H24N2S/c1-11(2)8-13(15)12-9-17-10-14(12)16-6-4-3-5-7-16/h9-11,13H,3-8,15H2,1-2H3. The molecule has 2 nitrogen and oxygen atoms in total. The van der Waals surface area contributed by atoms with Gasteiger partial charge < -0.3 is 10.6 Å². The summed E-state index contributed by atoms with van der Waals surface area (Å²) < 4.78 is 0. The van der Waals surface area contributed by atoms with Gasteiger partial charge in [-0.3, -0.25) is 0 Å². The molecule has 0 radical (unpaired) electrons. The molecule has 1 unspecified atom stereocenters.